The molecule has 0 saturated heterocycles. The zero-order valence-electron chi connectivity index (χ0n) is 13.9. The number of halogens is 2. The number of ether oxygens (including phenoxy) is 1. The first kappa shape index (κ1) is 20.2. The molecule has 0 radical (unpaired) electrons. The maximum Gasteiger partial charge on any atom is 0.360 e. The van der Waals surface area contributed by atoms with Gasteiger partial charge in [-0.1, -0.05) is 44.0 Å². The molecule has 1 aromatic heterocycles. The number of carbonyl (C=O) groups is 2. The molecular weight excluding hydrogens is 359 g/mol. The predicted molar refractivity (Wildman–Crippen MR) is 93.3 cm³/mol. The Kier molecular flexibility index (Phi) is 7.29. The van der Waals surface area contributed by atoms with Crippen molar-refractivity contribution in [2.24, 2.45) is 5.92 Å². The zero-order chi connectivity index (χ0) is 17.8. The summed E-state index contributed by atoms with van der Waals surface area (Å²) < 4.78 is 9.43. The smallest absolute Gasteiger partial charge is 0.360 e. The third kappa shape index (κ3) is 5.94. The van der Waals surface area contributed by atoms with Crippen LogP contribution in [0, 0.1) is 5.92 Å². The van der Waals surface area contributed by atoms with Gasteiger partial charge >= 0.3 is 5.97 Å². The third-order valence-electron chi connectivity index (χ3n) is 3.36. The van der Waals surface area contributed by atoms with Gasteiger partial charge in [-0.3, -0.25) is 4.79 Å². The van der Waals surface area contributed by atoms with Gasteiger partial charge in [0, 0.05) is 5.54 Å². The van der Waals surface area contributed by atoms with E-state index in [-0.39, 0.29) is 32.4 Å². The van der Waals surface area contributed by atoms with Crippen molar-refractivity contribution in [1.29, 1.82) is 0 Å². The molecular formula is C15H22Cl2N2O3S. The molecule has 5 nitrogen and oxygen atoms in total. The van der Waals surface area contributed by atoms with Crippen LogP contribution < -0.4 is 5.32 Å². The monoisotopic (exact) mass is 380 g/mol. The fraction of sp³-hybridized carbons (Fsp3) is 0.667. The molecule has 0 aromatic carbocycles. The Balaban J connectivity index is 2.88. The second kappa shape index (κ2) is 8.31. The first-order valence-electron chi connectivity index (χ1n) is 7.41. The number of hydrogen-bond acceptors (Lipinski definition) is 5. The molecule has 0 unspecified atom stereocenters. The summed E-state index contributed by atoms with van der Waals surface area (Å²) in [6, 6.07) is 0. The molecule has 1 rings (SSSR count). The molecule has 1 aromatic rings. The van der Waals surface area contributed by atoms with Crippen LogP contribution in [-0.2, 0) is 9.53 Å². The Morgan fingerprint density at radius 1 is 1.35 bits per heavy atom. The van der Waals surface area contributed by atoms with Crippen molar-refractivity contribution < 1.29 is 14.3 Å². The quantitative estimate of drug-likeness (QED) is 0.714. The number of nitrogens with zero attached hydrogens (tertiary/aromatic N) is 1. The average molecular weight is 381 g/mol. The Morgan fingerprint density at radius 3 is 2.39 bits per heavy atom. The van der Waals surface area contributed by atoms with Gasteiger partial charge in [0.2, 0.25) is 0 Å². The van der Waals surface area contributed by atoms with E-state index in [2.05, 4.69) is 9.69 Å². The second-order valence-electron chi connectivity index (χ2n) is 6.37. The summed E-state index contributed by atoms with van der Waals surface area (Å²) in [6.07, 6.45) is 0.270. The summed E-state index contributed by atoms with van der Waals surface area (Å²) in [5.74, 6) is -0.887. The fourth-order valence-corrected chi connectivity index (χ4v) is 2.69. The van der Waals surface area contributed by atoms with Crippen LogP contribution in [-0.4, -0.2) is 27.9 Å². The van der Waals surface area contributed by atoms with Gasteiger partial charge in [-0.25, -0.2) is 4.79 Å². The highest BCUT2D eigenvalue weighted by Crippen LogP contribution is 2.30. The molecule has 130 valence electrons. The van der Waals surface area contributed by atoms with Crippen molar-refractivity contribution in [1.82, 2.24) is 9.69 Å². The SMILES string of the molecule is CCC(C)(C)NC(=O)[C@H](CC(C)C)OC(=O)c1nsc(Cl)c1Cl. The standard InChI is InChI=1S/C15H22Cl2N2O3S/c1-6-15(4,5)18-13(20)9(7-8(2)3)22-14(21)11-10(16)12(17)23-19-11/h8-9H,6-7H2,1-5H3,(H,18,20)/t9-/m0/s1. The maximum absolute atomic E-state index is 12.4. The number of esters is 1. The normalized spacial score (nSPS) is 13.0. The molecule has 0 aliphatic heterocycles. The molecule has 0 aliphatic carbocycles. The highest BCUT2D eigenvalue weighted by Gasteiger charge is 2.30. The molecule has 1 atom stereocenters. The van der Waals surface area contributed by atoms with Crippen LogP contribution in [0.4, 0.5) is 0 Å². The van der Waals surface area contributed by atoms with Crippen molar-refractivity contribution in [3.8, 4) is 0 Å². The van der Waals surface area contributed by atoms with Crippen LogP contribution in [0.3, 0.4) is 0 Å². The van der Waals surface area contributed by atoms with E-state index in [0.717, 1.165) is 18.0 Å². The highest BCUT2D eigenvalue weighted by molar-refractivity contribution is 7.11. The van der Waals surface area contributed by atoms with Gasteiger partial charge in [0.05, 0.1) is 0 Å². The lowest BCUT2D eigenvalue weighted by Gasteiger charge is -2.28. The summed E-state index contributed by atoms with van der Waals surface area (Å²) in [5.41, 5.74) is -0.432. The van der Waals surface area contributed by atoms with Crippen LogP contribution in [0.1, 0.15) is 57.9 Å². The first-order valence-corrected chi connectivity index (χ1v) is 8.94. The van der Waals surface area contributed by atoms with Crippen molar-refractivity contribution in [3.63, 3.8) is 0 Å². The average Bonchev–Trinajstić information content (AvgIpc) is 2.77. The number of aromatic nitrogens is 1. The Bertz CT molecular complexity index is 573. The van der Waals surface area contributed by atoms with Crippen molar-refractivity contribution in [2.75, 3.05) is 0 Å². The van der Waals surface area contributed by atoms with E-state index < -0.39 is 12.1 Å². The van der Waals surface area contributed by atoms with E-state index in [9.17, 15) is 9.59 Å². The lowest BCUT2D eigenvalue weighted by Crippen LogP contribution is -2.49. The lowest BCUT2D eigenvalue weighted by atomic mass is 10.00. The molecule has 1 N–H and O–H groups in total. The summed E-state index contributed by atoms with van der Waals surface area (Å²) in [5, 5.41) is 2.95. The minimum absolute atomic E-state index is 0.0549. The summed E-state index contributed by atoms with van der Waals surface area (Å²) >= 11 is 12.6. The van der Waals surface area contributed by atoms with Gasteiger partial charge < -0.3 is 10.1 Å². The van der Waals surface area contributed by atoms with Crippen LogP contribution in [0.25, 0.3) is 0 Å². The number of nitrogens with one attached hydrogen (secondary N) is 1. The Morgan fingerprint density at radius 2 is 1.96 bits per heavy atom. The number of rotatable bonds is 7. The second-order valence-corrected chi connectivity index (χ2v) is 8.12. The summed E-state index contributed by atoms with van der Waals surface area (Å²) in [4.78, 5) is 24.7. The van der Waals surface area contributed by atoms with Gasteiger partial charge in [0.1, 0.15) is 9.36 Å². The van der Waals surface area contributed by atoms with Gasteiger partial charge in [-0.2, -0.15) is 4.37 Å². The minimum atomic E-state index is -0.898. The Hall–Kier alpha value is -0.850. The first-order chi connectivity index (χ1) is 10.6. The van der Waals surface area contributed by atoms with Crippen LogP contribution in [0.2, 0.25) is 9.36 Å². The van der Waals surface area contributed by atoms with E-state index in [1.807, 2.05) is 34.6 Å². The largest absolute Gasteiger partial charge is 0.447 e. The third-order valence-corrected chi connectivity index (χ3v) is 4.97. The minimum Gasteiger partial charge on any atom is -0.447 e. The molecule has 1 amide bonds. The van der Waals surface area contributed by atoms with E-state index in [4.69, 9.17) is 27.9 Å². The fourth-order valence-electron chi connectivity index (χ4n) is 1.71. The number of amides is 1. The molecule has 1 heterocycles. The van der Waals surface area contributed by atoms with Gasteiger partial charge in [-0.05, 0) is 44.1 Å². The van der Waals surface area contributed by atoms with E-state index >= 15 is 0 Å². The van der Waals surface area contributed by atoms with E-state index in [0.29, 0.717) is 6.42 Å². The van der Waals surface area contributed by atoms with Gasteiger partial charge in [0.15, 0.2) is 11.8 Å². The van der Waals surface area contributed by atoms with Crippen molar-refractivity contribution in [2.45, 2.75) is 59.1 Å². The molecule has 0 bridgehead atoms. The molecule has 0 fully saturated rings. The molecule has 23 heavy (non-hydrogen) atoms. The van der Waals surface area contributed by atoms with Crippen molar-refractivity contribution >= 4 is 46.6 Å². The van der Waals surface area contributed by atoms with E-state index in [1.165, 1.54) is 0 Å². The molecule has 0 saturated carbocycles. The molecule has 0 spiro atoms. The van der Waals surface area contributed by atoms with Crippen LogP contribution >= 0.6 is 34.7 Å². The lowest BCUT2D eigenvalue weighted by molar-refractivity contribution is -0.132. The van der Waals surface area contributed by atoms with E-state index in [1.54, 1.807) is 0 Å². The Labute approximate surface area is 150 Å². The number of carbonyl (C=O) groups excluding carboxylic acids is 2. The van der Waals surface area contributed by atoms with Crippen LogP contribution in [0.5, 0.6) is 0 Å². The zero-order valence-corrected chi connectivity index (χ0v) is 16.2. The van der Waals surface area contributed by atoms with Crippen molar-refractivity contribution in [3.05, 3.63) is 15.1 Å². The highest BCUT2D eigenvalue weighted by atomic mass is 35.5. The van der Waals surface area contributed by atoms with Gasteiger partial charge in [0.25, 0.3) is 5.91 Å². The molecule has 8 heteroatoms. The van der Waals surface area contributed by atoms with Crippen LogP contribution in [0.15, 0.2) is 0 Å². The summed E-state index contributed by atoms with van der Waals surface area (Å²) in [6.45, 7) is 9.70. The predicted octanol–water partition coefficient (Wildman–Crippen LogP) is 4.33. The summed E-state index contributed by atoms with van der Waals surface area (Å²) in [7, 11) is 0. The number of hydrogen-bond donors (Lipinski definition) is 1. The molecule has 0 aliphatic rings. The maximum atomic E-state index is 12.4. The van der Waals surface area contributed by atoms with Gasteiger partial charge in [-0.15, -0.1) is 0 Å². The topological polar surface area (TPSA) is 68.3 Å².